The number of amides is 1. The number of hydrogen-bond acceptors (Lipinski definition) is 4. The summed E-state index contributed by atoms with van der Waals surface area (Å²) in [6.07, 6.45) is 0.456. The molecule has 0 atom stereocenters. The van der Waals surface area contributed by atoms with Crippen LogP contribution in [0.25, 0.3) is 0 Å². The van der Waals surface area contributed by atoms with E-state index in [1.54, 1.807) is 0 Å². The zero-order valence-electron chi connectivity index (χ0n) is 11.8. The number of ether oxygens (including phenoxy) is 1. The number of morpholine rings is 1. The molecule has 0 bridgehead atoms. The van der Waals surface area contributed by atoms with Crippen LogP contribution in [0.3, 0.4) is 0 Å². The molecule has 1 saturated heterocycles. The number of thiophene rings is 1. The number of nitrogens with zero attached hydrogens (tertiary/aromatic N) is 1. The summed E-state index contributed by atoms with van der Waals surface area (Å²) >= 11 is 1.40. The molecule has 1 aromatic rings. The van der Waals surface area contributed by atoms with E-state index in [2.05, 4.69) is 11.8 Å². The predicted molar refractivity (Wildman–Crippen MR) is 78.8 cm³/mol. The van der Waals surface area contributed by atoms with Gasteiger partial charge in [0.15, 0.2) is 0 Å². The fourth-order valence-corrected chi connectivity index (χ4v) is 2.92. The van der Waals surface area contributed by atoms with Gasteiger partial charge < -0.3 is 14.7 Å². The maximum Gasteiger partial charge on any atom is 0.264 e. The first-order chi connectivity index (χ1) is 9.54. The Balaban J connectivity index is 2.12. The van der Waals surface area contributed by atoms with Gasteiger partial charge in [-0.05, 0) is 26.0 Å². The van der Waals surface area contributed by atoms with E-state index in [1.165, 1.54) is 11.3 Å². The van der Waals surface area contributed by atoms with Crippen molar-refractivity contribution in [2.75, 3.05) is 26.4 Å². The van der Waals surface area contributed by atoms with Crippen LogP contribution in [0, 0.1) is 11.8 Å². The third-order valence-corrected chi connectivity index (χ3v) is 4.14. The molecule has 0 saturated carbocycles. The minimum Gasteiger partial charge on any atom is -0.395 e. The summed E-state index contributed by atoms with van der Waals surface area (Å²) in [7, 11) is 0. The maximum absolute atomic E-state index is 12.6. The van der Waals surface area contributed by atoms with Gasteiger partial charge in [0.1, 0.15) is 0 Å². The van der Waals surface area contributed by atoms with Crippen molar-refractivity contribution in [3.05, 3.63) is 21.9 Å². The molecule has 1 amide bonds. The van der Waals surface area contributed by atoms with Crippen LogP contribution in [0.15, 0.2) is 12.1 Å². The number of aliphatic hydroxyl groups excluding tert-OH is 1. The van der Waals surface area contributed by atoms with Gasteiger partial charge in [-0.3, -0.25) is 4.79 Å². The van der Waals surface area contributed by atoms with Crippen LogP contribution in [0.5, 0.6) is 0 Å². The van der Waals surface area contributed by atoms with Gasteiger partial charge in [-0.25, -0.2) is 0 Å². The van der Waals surface area contributed by atoms with Crippen molar-refractivity contribution in [2.45, 2.75) is 25.8 Å². The molecule has 108 valence electrons. The van der Waals surface area contributed by atoms with Crippen LogP contribution >= 0.6 is 11.3 Å². The molecular weight excluding hydrogens is 274 g/mol. The fraction of sp³-hybridized carbons (Fsp3) is 0.533. The summed E-state index contributed by atoms with van der Waals surface area (Å²) < 4.78 is 5.44. The summed E-state index contributed by atoms with van der Waals surface area (Å²) in [6, 6.07) is 3.68. The van der Waals surface area contributed by atoms with E-state index >= 15 is 0 Å². The van der Waals surface area contributed by atoms with Gasteiger partial charge in [0.05, 0.1) is 35.1 Å². The van der Waals surface area contributed by atoms with E-state index in [0.717, 1.165) is 4.88 Å². The molecule has 1 aromatic heterocycles. The molecule has 4 nitrogen and oxygen atoms in total. The molecule has 1 N–H and O–H groups in total. The Morgan fingerprint density at radius 3 is 3.05 bits per heavy atom. The topological polar surface area (TPSA) is 49.8 Å². The summed E-state index contributed by atoms with van der Waals surface area (Å²) in [5.74, 6) is 5.86. The van der Waals surface area contributed by atoms with Crippen molar-refractivity contribution >= 4 is 17.2 Å². The van der Waals surface area contributed by atoms with Gasteiger partial charge in [-0.1, -0.05) is 11.8 Å². The van der Waals surface area contributed by atoms with Crippen molar-refractivity contribution in [3.63, 3.8) is 0 Å². The molecule has 1 fully saturated rings. The second-order valence-corrected chi connectivity index (χ2v) is 6.34. The van der Waals surface area contributed by atoms with E-state index in [0.29, 0.717) is 31.1 Å². The number of hydrogen-bond donors (Lipinski definition) is 1. The lowest BCUT2D eigenvalue weighted by atomic mass is 10.0. The lowest BCUT2D eigenvalue weighted by molar-refractivity contribution is -0.0368. The van der Waals surface area contributed by atoms with Crippen molar-refractivity contribution < 1.29 is 14.6 Å². The maximum atomic E-state index is 12.6. The molecule has 0 unspecified atom stereocenters. The summed E-state index contributed by atoms with van der Waals surface area (Å²) in [5, 5.41) is 8.69. The van der Waals surface area contributed by atoms with Crippen molar-refractivity contribution in [1.29, 1.82) is 0 Å². The molecule has 0 aliphatic carbocycles. The second-order valence-electron chi connectivity index (χ2n) is 5.26. The zero-order chi connectivity index (χ0) is 14.6. The highest BCUT2D eigenvalue weighted by molar-refractivity contribution is 7.14. The predicted octanol–water partition coefficient (Wildman–Crippen LogP) is 1.73. The lowest BCUT2D eigenvalue weighted by Crippen LogP contribution is -2.55. The molecule has 0 spiro atoms. The summed E-state index contributed by atoms with van der Waals surface area (Å²) in [5.41, 5.74) is -0.276. The van der Waals surface area contributed by atoms with Crippen LogP contribution in [0.2, 0.25) is 0 Å². The van der Waals surface area contributed by atoms with Crippen LogP contribution in [-0.4, -0.2) is 47.8 Å². The highest BCUT2D eigenvalue weighted by Crippen LogP contribution is 2.24. The SMILES string of the molecule is CC1(C)COCCN1C(=O)c1ccc(C#CCCO)s1. The molecule has 1 aliphatic rings. The summed E-state index contributed by atoms with van der Waals surface area (Å²) in [6.45, 7) is 5.86. The minimum absolute atomic E-state index is 0.0403. The van der Waals surface area contributed by atoms with Crippen LogP contribution < -0.4 is 0 Å². The number of carbonyl (C=O) groups is 1. The van der Waals surface area contributed by atoms with E-state index in [1.807, 2.05) is 30.9 Å². The molecular formula is C15H19NO3S. The van der Waals surface area contributed by atoms with Gasteiger partial charge in [0.25, 0.3) is 5.91 Å². The smallest absolute Gasteiger partial charge is 0.264 e. The van der Waals surface area contributed by atoms with Gasteiger partial charge in [0.2, 0.25) is 0 Å². The first kappa shape index (κ1) is 15.0. The van der Waals surface area contributed by atoms with Gasteiger partial charge in [-0.15, -0.1) is 11.3 Å². The van der Waals surface area contributed by atoms with Crippen LogP contribution in [0.1, 0.15) is 34.8 Å². The second kappa shape index (κ2) is 6.40. The molecule has 0 aromatic carbocycles. The molecule has 2 rings (SSSR count). The van der Waals surface area contributed by atoms with Crippen molar-refractivity contribution in [3.8, 4) is 11.8 Å². The average Bonchev–Trinajstić information content (AvgIpc) is 2.87. The van der Waals surface area contributed by atoms with Crippen molar-refractivity contribution in [1.82, 2.24) is 4.90 Å². The van der Waals surface area contributed by atoms with Gasteiger partial charge >= 0.3 is 0 Å². The first-order valence-electron chi connectivity index (χ1n) is 6.64. The minimum atomic E-state index is -0.276. The Labute approximate surface area is 123 Å². The van der Waals surface area contributed by atoms with Gasteiger partial charge in [0, 0.05) is 13.0 Å². The van der Waals surface area contributed by atoms with E-state index < -0.39 is 0 Å². The Hall–Kier alpha value is -1.35. The molecule has 2 heterocycles. The highest BCUT2D eigenvalue weighted by Gasteiger charge is 2.34. The van der Waals surface area contributed by atoms with Crippen LogP contribution in [0.4, 0.5) is 0 Å². The Morgan fingerprint density at radius 2 is 2.35 bits per heavy atom. The quantitative estimate of drug-likeness (QED) is 0.845. The summed E-state index contributed by atoms with van der Waals surface area (Å²) in [4.78, 5) is 16.0. The van der Waals surface area contributed by atoms with Crippen LogP contribution in [-0.2, 0) is 4.74 Å². The number of rotatable bonds is 2. The van der Waals surface area contributed by atoms with E-state index in [9.17, 15) is 4.79 Å². The number of carbonyl (C=O) groups excluding carboxylic acids is 1. The first-order valence-corrected chi connectivity index (χ1v) is 7.45. The monoisotopic (exact) mass is 293 g/mol. The zero-order valence-corrected chi connectivity index (χ0v) is 12.6. The highest BCUT2D eigenvalue weighted by atomic mass is 32.1. The molecule has 1 aliphatic heterocycles. The third kappa shape index (κ3) is 3.40. The lowest BCUT2D eigenvalue weighted by Gasteiger charge is -2.41. The number of aliphatic hydroxyl groups is 1. The standard InChI is InChI=1S/C15H19NO3S/c1-15(2)11-19-10-8-16(15)14(18)13-7-6-12(20-13)5-3-4-9-17/h6-7,17H,4,8-11H2,1-2H3. The molecule has 0 radical (unpaired) electrons. The Morgan fingerprint density at radius 1 is 1.55 bits per heavy atom. The normalized spacial score (nSPS) is 17.4. The fourth-order valence-electron chi connectivity index (χ4n) is 2.09. The average molecular weight is 293 g/mol. The Kier molecular flexibility index (Phi) is 4.81. The van der Waals surface area contributed by atoms with Gasteiger partial charge in [-0.2, -0.15) is 0 Å². The largest absolute Gasteiger partial charge is 0.395 e. The van der Waals surface area contributed by atoms with E-state index in [4.69, 9.17) is 9.84 Å². The molecule has 20 heavy (non-hydrogen) atoms. The van der Waals surface area contributed by atoms with Crippen molar-refractivity contribution in [2.24, 2.45) is 0 Å². The molecule has 5 heteroatoms. The Bertz CT molecular complexity index is 539. The third-order valence-electron chi connectivity index (χ3n) is 3.16. The van der Waals surface area contributed by atoms with E-state index in [-0.39, 0.29) is 18.1 Å².